The van der Waals surface area contributed by atoms with Crippen molar-refractivity contribution in [2.24, 2.45) is 0 Å². The lowest BCUT2D eigenvalue weighted by molar-refractivity contribution is -0.127. The average Bonchev–Trinajstić information content (AvgIpc) is 3.28. The first-order valence-corrected chi connectivity index (χ1v) is 12.9. The standard InChI is InChI=1S/C27H31N3O3S/c1-19-16-29(17-20(2)28-19)23-11-7-6-10-22(23)15-25-26(31)30(12-13-34-25)27-24(32-18-33-27)14-21-8-4-3-5-9-21/h3-11,15,19-20,28H,12-14,16-18H2,1-2H3. The zero-order valence-corrected chi connectivity index (χ0v) is 20.5. The highest BCUT2D eigenvalue weighted by molar-refractivity contribution is 8.04. The van der Waals surface area contributed by atoms with E-state index in [9.17, 15) is 4.79 Å². The van der Waals surface area contributed by atoms with Gasteiger partial charge < -0.3 is 19.7 Å². The molecule has 7 heteroatoms. The number of hydrogen-bond donors (Lipinski definition) is 1. The summed E-state index contributed by atoms with van der Waals surface area (Å²) in [5, 5.41) is 3.59. The number of allylic oxidation sites excluding steroid dienone is 1. The predicted molar refractivity (Wildman–Crippen MR) is 137 cm³/mol. The molecule has 0 radical (unpaired) electrons. The minimum Gasteiger partial charge on any atom is -0.456 e. The van der Waals surface area contributed by atoms with Gasteiger partial charge in [-0.15, -0.1) is 11.8 Å². The third kappa shape index (κ3) is 4.95. The Morgan fingerprint density at radius 1 is 1.03 bits per heavy atom. The van der Waals surface area contributed by atoms with Gasteiger partial charge in [-0.3, -0.25) is 9.69 Å². The van der Waals surface area contributed by atoms with Crippen LogP contribution in [-0.4, -0.2) is 55.1 Å². The Kier molecular flexibility index (Phi) is 6.83. The van der Waals surface area contributed by atoms with Crippen LogP contribution in [0.2, 0.25) is 0 Å². The number of rotatable bonds is 5. The number of thioether (sulfide) groups is 1. The van der Waals surface area contributed by atoms with Gasteiger partial charge >= 0.3 is 0 Å². The quantitative estimate of drug-likeness (QED) is 0.652. The maximum atomic E-state index is 13.6. The smallest absolute Gasteiger partial charge is 0.267 e. The van der Waals surface area contributed by atoms with E-state index in [0.717, 1.165) is 40.6 Å². The summed E-state index contributed by atoms with van der Waals surface area (Å²) in [5.74, 6) is 2.06. The summed E-state index contributed by atoms with van der Waals surface area (Å²) in [7, 11) is 0. The van der Waals surface area contributed by atoms with Gasteiger partial charge in [0.2, 0.25) is 12.7 Å². The molecule has 2 saturated heterocycles. The maximum absolute atomic E-state index is 13.6. The lowest BCUT2D eigenvalue weighted by Crippen LogP contribution is -2.54. The summed E-state index contributed by atoms with van der Waals surface area (Å²) in [6.45, 7) is 7.07. The van der Waals surface area contributed by atoms with Gasteiger partial charge in [0.1, 0.15) is 0 Å². The molecular formula is C27H31N3O3S. The number of benzene rings is 2. The van der Waals surface area contributed by atoms with Crippen molar-refractivity contribution in [1.29, 1.82) is 0 Å². The number of ether oxygens (including phenoxy) is 2. The van der Waals surface area contributed by atoms with Crippen LogP contribution in [0.15, 0.2) is 71.1 Å². The van der Waals surface area contributed by atoms with Gasteiger partial charge in [-0.1, -0.05) is 48.5 Å². The molecule has 34 heavy (non-hydrogen) atoms. The summed E-state index contributed by atoms with van der Waals surface area (Å²) < 4.78 is 11.6. The molecule has 2 aromatic carbocycles. The number of anilines is 1. The number of nitrogens with zero attached hydrogens (tertiary/aromatic N) is 2. The zero-order valence-electron chi connectivity index (χ0n) is 19.7. The second-order valence-electron chi connectivity index (χ2n) is 9.04. The molecule has 2 aromatic rings. The van der Waals surface area contributed by atoms with Crippen LogP contribution < -0.4 is 10.2 Å². The van der Waals surface area contributed by atoms with Crippen molar-refractivity contribution < 1.29 is 14.3 Å². The number of amides is 1. The first kappa shape index (κ1) is 22.9. The summed E-state index contributed by atoms with van der Waals surface area (Å²) in [4.78, 5) is 18.4. The molecule has 0 aromatic heterocycles. The molecule has 2 fully saturated rings. The summed E-state index contributed by atoms with van der Waals surface area (Å²) in [6.07, 6.45) is 2.65. The van der Waals surface area contributed by atoms with Crippen molar-refractivity contribution in [3.05, 3.63) is 82.3 Å². The van der Waals surface area contributed by atoms with E-state index < -0.39 is 0 Å². The monoisotopic (exact) mass is 477 g/mol. The van der Waals surface area contributed by atoms with E-state index in [1.807, 2.05) is 30.3 Å². The normalized spacial score (nSPS) is 24.4. The van der Waals surface area contributed by atoms with E-state index in [-0.39, 0.29) is 12.7 Å². The Morgan fingerprint density at radius 3 is 2.56 bits per heavy atom. The minimum atomic E-state index is -0.0286. The van der Waals surface area contributed by atoms with Gasteiger partial charge in [0, 0.05) is 49.6 Å². The molecule has 2 unspecified atom stereocenters. The van der Waals surface area contributed by atoms with Crippen molar-refractivity contribution in [2.75, 3.05) is 37.1 Å². The minimum absolute atomic E-state index is 0.0286. The third-order valence-corrected chi connectivity index (χ3v) is 7.26. The topological polar surface area (TPSA) is 54.0 Å². The maximum Gasteiger partial charge on any atom is 0.267 e. The highest BCUT2D eigenvalue weighted by Crippen LogP contribution is 2.34. The Bertz CT molecular complexity index is 1090. The van der Waals surface area contributed by atoms with Crippen LogP contribution in [0.4, 0.5) is 5.69 Å². The van der Waals surface area contributed by atoms with Crippen molar-refractivity contribution in [3.63, 3.8) is 0 Å². The lowest BCUT2D eigenvalue weighted by Gasteiger charge is -2.38. The van der Waals surface area contributed by atoms with Gasteiger partial charge in [0.15, 0.2) is 5.76 Å². The molecule has 3 aliphatic rings. The van der Waals surface area contributed by atoms with Crippen molar-refractivity contribution >= 4 is 29.4 Å². The molecular weight excluding hydrogens is 446 g/mol. The number of hydrogen-bond acceptors (Lipinski definition) is 6. The largest absolute Gasteiger partial charge is 0.456 e. The zero-order chi connectivity index (χ0) is 23.5. The molecule has 0 aliphatic carbocycles. The highest BCUT2D eigenvalue weighted by Gasteiger charge is 2.33. The fourth-order valence-corrected chi connectivity index (χ4v) is 5.78. The molecule has 6 nitrogen and oxygen atoms in total. The molecule has 178 valence electrons. The van der Waals surface area contributed by atoms with E-state index in [0.29, 0.717) is 30.9 Å². The van der Waals surface area contributed by atoms with Gasteiger partial charge in [0.05, 0.1) is 4.91 Å². The third-order valence-electron chi connectivity index (χ3n) is 6.27. The number of para-hydroxylation sites is 1. The van der Waals surface area contributed by atoms with E-state index in [4.69, 9.17) is 9.47 Å². The predicted octanol–water partition coefficient (Wildman–Crippen LogP) is 4.21. The Labute approximate surface area is 205 Å². The Hall–Kier alpha value is -2.90. The first-order chi connectivity index (χ1) is 16.6. The second-order valence-corrected chi connectivity index (χ2v) is 10.2. The van der Waals surface area contributed by atoms with Crippen LogP contribution >= 0.6 is 11.8 Å². The SMILES string of the molecule is CC1CN(c2ccccc2C=C2SCCN(C3=C(Cc4ccccc4)OCO3)C2=O)CC(C)N1. The van der Waals surface area contributed by atoms with Crippen LogP contribution in [0.3, 0.4) is 0 Å². The molecule has 1 N–H and O–H groups in total. The molecule has 3 aliphatic heterocycles. The summed E-state index contributed by atoms with van der Waals surface area (Å²) in [5.41, 5.74) is 3.37. The summed E-state index contributed by atoms with van der Waals surface area (Å²) in [6, 6.07) is 19.3. The molecule has 0 spiro atoms. The van der Waals surface area contributed by atoms with Crippen LogP contribution in [0.1, 0.15) is 25.0 Å². The highest BCUT2D eigenvalue weighted by atomic mass is 32.2. The van der Waals surface area contributed by atoms with E-state index in [1.54, 1.807) is 16.7 Å². The van der Waals surface area contributed by atoms with Gasteiger partial charge in [0.25, 0.3) is 5.91 Å². The van der Waals surface area contributed by atoms with E-state index in [1.165, 1.54) is 5.69 Å². The average molecular weight is 478 g/mol. The fourth-order valence-electron chi connectivity index (χ4n) is 4.84. The molecule has 2 atom stereocenters. The number of carbonyl (C=O) groups excluding carboxylic acids is 1. The molecule has 0 saturated carbocycles. The Balaban J connectivity index is 1.40. The molecule has 3 heterocycles. The van der Waals surface area contributed by atoms with Crippen molar-refractivity contribution in [2.45, 2.75) is 32.4 Å². The molecule has 5 rings (SSSR count). The van der Waals surface area contributed by atoms with Gasteiger partial charge in [-0.05, 0) is 37.1 Å². The van der Waals surface area contributed by atoms with Crippen LogP contribution in [0.5, 0.6) is 0 Å². The first-order valence-electron chi connectivity index (χ1n) is 11.9. The number of piperazine rings is 1. The van der Waals surface area contributed by atoms with Crippen molar-refractivity contribution in [1.82, 2.24) is 10.2 Å². The number of nitrogens with one attached hydrogen (secondary N) is 1. The Morgan fingerprint density at radius 2 is 1.76 bits per heavy atom. The second kappa shape index (κ2) is 10.2. The fraction of sp³-hybridized carbons (Fsp3) is 0.370. The van der Waals surface area contributed by atoms with Crippen molar-refractivity contribution in [3.8, 4) is 0 Å². The van der Waals surface area contributed by atoms with Crippen LogP contribution in [-0.2, 0) is 20.7 Å². The van der Waals surface area contributed by atoms with Crippen LogP contribution in [0.25, 0.3) is 6.08 Å². The van der Waals surface area contributed by atoms with Gasteiger partial charge in [-0.2, -0.15) is 0 Å². The summed E-state index contributed by atoms with van der Waals surface area (Å²) >= 11 is 1.61. The van der Waals surface area contributed by atoms with Crippen LogP contribution in [0, 0.1) is 0 Å². The molecule has 1 amide bonds. The number of carbonyl (C=O) groups is 1. The van der Waals surface area contributed by atoms with Gasteiger partial charge in [-0.25, -0.2) is 0 Å². The van der Waals surface area contributed by atoms with E-state index >= 15 is 0 Å². The molecule has 0 bridgehead atoms. The van der Waals surface area contributed by atoms with E-state index in [2.05, 4.69) is 54.4 Å². The lowest BCUT2D eigenvalue weighted by atomic mass is 10.1.